The Bertz CT molecular complexity index is 898. The lowest BCUT2D eigenvalue weighted by molar-refractivity contribution is -0.151. The number of amides is 1. The van der Waals surface area contributed by atoms with Gasteiger partial charge in [0.05, 0.1) is 25.2 Å². The molecule has 0 saturated heterocycles. The summed E-state index contributed by atoms with van der Waals surface area (Å²) >= 11 is 0. The van der Waals surface area contributed by atoms with E-state index in [4.69, 9.17) is 4.74 Å². The van der Waals surface area contributed by atoms with Gasteiger partial charge in [-0.3, -0.25) is 9.59 Å². The second-order valence-corrected chi connectivity index (χ2v) is 19.7. The smallest absolute Gasteiger partial charge is 0.306 e. The molecule has 0 rings (SSSR count). The average molecular weight is 879 g/mol. The van der Waals surface area contributed by atoms with E-state index >= 15 is 0 Å². The molecule has 0 bridgehead atoms. The van der Waals surface area contributed by atoms with Gasteiger partial charge in [-0.15, -0.1) is 0 Å². The Labute approximate surface area is 387 Å². The number of esters is 1. The molecular weight excluding hydrogens is 767 g/mol. The molecule has 3 N–H and O–H groups in total. The molecule has 0 aliphatic heterocycles. The second-order valence-electron chi connectivity index (χ2n) is 19.7. The summed E-state index contributed by atoms with van der Waals surface area (Å²) in [6.45, 7) is 6.53. The van der Waals surface area contributed by atoms with Gasteiger partial charge in [-0.05, 0) is 25.7 Å². The zero-order valence-electron chi connectivity index (χ0n) is 42.3. The molecule has 0 aromatic heterocycles. The van der Waals surface area contributed by atoms with Crippen molar-refractivity contribution in [1.29, 1.82) is 0 Å². The van der Waals surface area contributed by atoms with E-state index < -0.39 is 18.2 Å². The molecule has 0 aromatic carbocycles. The van der Waals surface area contributed by atoms with Gasteiger partial charge in [-0.25, -0.2) is 0 Å². The van der Waals surface area contributed by atoms with Crippen LogP contribution in [0.3, 0.4) is 0 Å². The number of ether oxygens (including phenoxy) is 1. The van der Waals surface area contributed by atoms with Crippen molar-refractivity contribution in [3.8, 4) is 0 Å². The van der Waals surface area contributed by atoms with Gasteiger partial charge in [-0.1, -0.05) is 284 Å². The SMILES string of the molecule is CCCCCCCCCCCCCCCCCCC(O)C(CO)NC(=O)CC(CCCCCCCCCCCCCC)OC(=O)CCCCCCCCCCCCCCCCC. The van der Waals surface area contributed by atoms with Crippen LogP contribution in [0, 0.1) is 0 Å². The van der Waals surface area contributed by atoms with Crippen molar-refractivity contribution >= 4 is 11.9 Å². The lowest BCUT2D eigenvalue weighted by atomic mass is 10.0. The van der Waals surface area contributed by atoms with Crippen LogP contribution in [0.4, 0.5) is 0 Å². The highest BCUT2D eigenvalue weighted by Gasteiger charge is 2.24. The highest BCUT2D eigenvalue weighted by molar-refractivity contribution is 5.77. The Hall–Kier alpha value is -1.14. The topological polar surface area (TPSA) is 95.9 Å². The molecule has 0 fully saturated rings. The third kappa shape index (κ3) is 45.4. The lowest BCUT2D eigenvalue weighted by Gasteiger charge is -2.24. The second kappa shape index (κ2) is 50.9. The van der Waals surface area contributed by atoms with E-state index in [1.54, 1.807) is 0 Å². The standard InChI is InChI=1S/C56H111NO5/c1-4-7-10-13-16-19-22-25-27-29-30-33-36-39-42-45-48-54(59)53(51-58)57-55(60)50-52(47-44-41-38-35-32-24-21-18-15-12-9-6-3)62-56(61)49-46-43-40-37-34-31-28-26-23-20-17-14-11-8-5-2/h52-54,58-59H,4-51H2,1-3H3,(H,57,60). The summed E-state index contributed by atoms with van der Waals surface area (Å²) in [5.74, 6) is -0.447. The van der Waals surface area contributed by atoms with E-state index in [0.717, 1.165) is 38.5 Å². The highest BCUT2D eigenvalue weighted by atomic mass is 16.5. The number of aliphatic hydroxyl groups excluding tert-OH is 2. The van der Waals surface area contributed by atoms with E-state index in [9.17, 15) is 19.8 Å². The molecule has 62 heavy (non-hydrogen) atoms. The number of hydrogen-bond donors (Lipinski definition) is 3. The number of unbranched alkanes of at least 4 members (excludes halogenated alkanes) is 40. The summed E-state index contributed by atoms with van der Waals surface area (Å²) in [5, 5.41) is 23.9. The normalized spacial score (nSPS) is 13.0. The zero-order valence-corrected chi connectivity index (χ0v) is 42.3. The highest BCUT2D eigenvalue weighted by Crippen LogP contribution is 2.19. The van der Waals surface area contributed by atoms with Crippen molar-refractivity contribution in [3.63, 3.8) is 0 Å². The van der Waals surface area contributed by atoms with E-state index in [0.29, 0.717) is 19.3 Å². The van der Waals surface area contributed by atoms with Crippen molar-refractivity contribution in [2.24, 2.45) is 0 Å². The van der Waals surface area contributed by atoms with E-state index in [1.165, 1.54) is 238 Å². The quantitative estimate of drug-likeness (QED) is 0.0418. The first-order valence-corrected chi connectivity index (χ1v) is 28.3. The molecule has 0 radical (unpaired) electrons. The van der Waals surface area contributed by atoms with Crippen molar-refractivity contribution < 1.29 is 24.5 Å². The van der Waals surface area contributed by atoms with Crippen LogP contribution in [0.15, 0.2) is 0 Å². The van der Waals surface area contributed by atoms with Crippen LogP contribution in [0.25, 0.3) is 0 Å². The fourth-order valence-electron chi connectivity index (χ4n) is 9.14. The summed E-state index contributed by atoms with van der Waals surface area (Å²) in [7, 11) is 0. The van der Waals surface area contributed by atoms with Gasteiger partial charge < -0.3 is 20.3 Å². The Morgan fingerprint density at radius 1 is 0.403 bits per heavy atom. The molecule has 3 unspecified atom stereocenters. The molecule has 0 aliphatic rings. The lowest BCUT2D eigenvalue weighted by Crippen LogP contribution is -2.46. The van der Waals surface area contributed by atoms with E-state index in [2.05, 4.69) is 26.1 Å². The molecule has 0 heterocycles. The number of nitrogens with one attached hydrogen (secondary N) is 1. The maximum atomic E-state index is 13.2. The Morgan fingerprint density at radius 2 is 0.677 bits per heavy atom. The van der Waals surface area contributed by atoms with Gasteiger partial charge in [0.2, 0.25) is 5.91 Å². The number of aliphatic hydroxyl groups is 2. The molecule has 6 nitrogen and oxygen atoms in total. The first-order chi connectivity index (χ1) is 30.5. The first-order valence-electron chi connectivity index (χ1n) is 28.3. The molecule has 0 aliphatic carbocycles. The van der Waals surface area contributed by atoms with Crippen LogP contribution in [0.1, 0.15) is 323 Å². The van der Waals surface area contributed by atoms with Crippen molar-refractivity contribution in [2.45, 2.75) is 341 Å². The summed E-state index contributed by atoms with van der Waals surface area (Å²) in [6.07, 6.45) is 55.9. The predicted octanol–water partition coefficient (Wildman–Crippen LogP) is 17.1. The molecular formula is C56H111NO5. The fraction of sp³-hybridized carbons (Fsp3) is 0.964. The largest absolute Gasteiger partial charge is 0.462 e. The van der Waals surface area contributed by atoms with Crippen LogP contribution in [0.5, 0.6) is 0 Å². The third-order valence-electron chi connectivity index (χ3n) is 13.4. The maximum absolute atomic E-state index is 13.2. The van der Waals surface area contributed by atoms with Gasteiger partial charge in [0.25, 0.3) is 0 Å². The maximum Gasteiger partial charge on any atom is 0.306 e. The van der Waals surface area contributed by atoms with Gasteiger partial charge in [0.1, 0.15) is 6.10 Å². The number of carbonyl (C=O) groups excluding carboxylic acids is 2. The fourth-order valence-corrected chi connectivity index (χ4v) is 9.14. The monoisotopic (exact) mass is 878 g/mol. The predicted molar refractivity (Wildman–Crippen MR) is 269 cm³/mol. The molecule has 3 atom stereocenters. The van der Waals surface area contributed by atoms with E-state index in [1.807, 2.05) is 0 Å². The zero-order chi connectivity index (χ0) is 45.2. The molecule has 0 aromatic rings. The summed E-state index contributed by atoms with van der Waals surface area (Å²) in [6, 6.07) is -0.692. The van der Waals surface area contributed by atoms with Crippen LogP contribution >= 0.6 is 0 Å². The number of rotatable bonds is 52. The minimum absolute atomic E-state index is 0.0882. The van der Waals surface area contributed by atoms with Crippen LogP contribution in [-0.2, 0) is 14.3 Å². The minimum Gasteiger partial charge on any atom is -0.462 e. The molecule has 0 saturated carbocycles. The van der Waals surface area contributed by atoms with Gasteiger partial charge >= 0.3 is 5.97 Å². The van der Waals surface area contributed by atoms with E-state index in [-0.39, 0.29) is 24.9 Å². The summed E-state index contributed by atoms with van der Waals surface area (Å²) in [5.41, 5.74) is 0. The third-order valence-corrected chi connectivity index (χ3v) is 13.4. The Kier molecular flexibility index (Phi) is 49.9. The van der Waals surface area contributed by atoms with Crippen molar-refractivity contribution in [2.75, 3.05) is 6.61 Å². The molecule has 0 spiro atoms. The van der Waals surface area contributed by atoms with Crippen LogP contribution in [-0.4, -0.2) is 46.9 Å². The average Bonchev–Trinajstić information content (AvgIpc) is 3.26. The first kappa shape index (κ1) is 60.9. The Balaban J connectivity index is 4.44. The van der Waals surface area contributed by atoms with Gasteiger partial charge in [-0.2, -0.15) is 0 Å². The van der Waals surface area contributed by atoms with Crippen molar-refractivity contribution in [1.82, 2.24) is 5.32 Å². The van der Waals surface area contributed by atoms with Crippen LogP contribution < -0.4 is 5.32 Å². The van der Waals surface area contributed by atoms with Crippen molar-refractivity contribution in [3.05, 3.63) is 0 Å². The number of carbonyl (C=O) groups is 2. The van der Waals surface area contributed by atoms with Crippen LogP contribution in [0.2, 0.25) is 0 Å². The summed E-state index contributed by atoms with van der Waals surface area (Å²) < 4.78 is 5.95. The molecule has 6 heteroatoms. The minimum atomic E-state index is -0.780. The van der Waals surface area contributed by atoms with Gasteiger partial charge in [0.15, 0.2) is 0 Å². The van der Waals surface area contributed by atoms with Gasteiger partial charge in [0, 0.05) is 6.42 Å². The number of hydrogen-bond acceptors (Lipinski definition) is 5. The summed E-state index contributed by atoms with van der Waals surface area (Å²) in [4.78, 5) is 26.2. The molecule has 370 valence electrons. The molecule has 1 amide bonds. The Morgan fingerprint density at radius 3 is 0.984 bits per heavy atom.